The fourth-order valence-corrected chi connectivity index (χ4v) is 3.98. The van der Waals surface area contributed by atoms with Gasteiger partial charge in [-0.05, 0) is 73.8 Å². The van der Waals surface area contributed by atoms with E-state index in [1.54, 1.807) is 18.2 Å². The fourth-order valence-electron chi connectivity index (χ4n) is 3.98. The van der Waals surface area contributed by atoms with Crippen molar-refractivity contribution in [1.29, 1.82) is 0 Å². The van der Waals surface area contributed by atoms with Gasteiger partial charge in [0, 0.05) is 24.9 Å². The van der Waals surface area contributed by atoms with Crippen molar-refractivity contribution in [3.63, 3.8) is 0 Å². The van der Waals surface area contributed by atoms with E-state index in [9.17, 15) is 19.6 Å². The summed E-state index contributed by atoms with van der Waals surface area (Å²) >= 11 is 0. The number of aromatic hydroxyl groups is 1. The van der Waals surface area contributed by atoms with Crippen LogP contribution < -0.4 is 5.32 Å². The summed E-state index contributed by atoms with van der Waals surface area (Å²) < 4.78 is 0. The zero-order chi connectivity index (χ0) is 23.5. The number of hydrogen-bond acceptors (Lipinski definition) is 6. The Labute approximate surface area is 194 Å². The van der Waals surface area contributed by atoms with E-state index in [0.29, 0.717) is 30.6 Å². The summed E-state index contributed by atoms with van der Waals surface area (Å²) in [4.78, 5) is 38.8. The number of phenolic OH excluding ortho intramolecular Hbond substituents is 1. The molecule has 2 N–H and O–H groups in total. The Hall–Kier alpha value is -3.32. The van der Waals surface area contributed by atoms with Gasteiger partial charge in [-0.3, -0.25) is 9.59 Å². The molecule has 7 nitrogen and oxygen atoms in total. The Balaban J connectivity index is 1.57. The van der Waals surface area contributed by atoms with Crippen molar-refractivity contribution in [2.45, 2.75) is 44.6 Å². The highest BCUT2D eigenvalue weighted by atomic mass is 16.3. The van der Waals surface area contributed by atoms with Crippen LogP contribution in [0.3, 0.4) is 0 Å². The first-order chi connectivity index (χ1) is 16.0. The molecule has 7 heteroatoms. The predicted molar refractivity (Wildman–Crippen MR) is 128 cm³/mol. The summed E-state index contributed by atoms with van der Waals surface area (Å²) in [5, 5.41) is 15.6. The summed E-state index contributed by atoms with van der Waals surface area (Å²) in [6, 6.07) is 15.4. The van der Waals surface area contributed by atoms with E-state index in [1.807, 2.05) is 30.3 Å². The minimum absolute atomic E-state index is 0.0746. The minimum atomic E-state index is -0.482. The number of ketones is 1. The number of hydrogen-bond donors (Lipinski definition) is 2. The Morgan fingerprint density at radius 3 is 2.39 bits per heavy atom. The van der Waals surface area contributed by atoms with E-state index in [4.69, 9.17) is 0 Å². The molecule has 1 amide bonds. The smallest absolute Gasteiger partial charge is 0.220 e. The molecule has 0 saturated carbocycles. The summed E-state index contributed by atoms with van der Waals surface area (Å²) in [5.74, 6) is -0.170. The van der Waals surface area contributed by atoms with Crippen LogP contribution in [0, 0.1) is 4.91 Å². The molecule has 2 aromatic rings. The summed E-state index contributed by atoms with van der Waals surface area (Å²) in [5.41, 5.74) is 1.91. The van der Waals surface area contributed by atoms with Crippen molar-refractivity contribution < 1.29 is 14.7 Å². The largest absolute Gasteiger partial charge is 0.508 e. The van der Waals surface area contributed by atoms with Crippen LogP contribution in [0.15, 0.2) is 71.5 Å². The number of carbonyl (C=O) groups is 2. The molecule has 33 heavy (non-hydrogen) atoms. The minimum Gasteiger partial charge on any atom is -0.508 e. The van der Waals surface area contributed by atoms with E-state index in [-0.39, 0.29) is 30.3 Å². The normalized spacial score (nSPS) is 15.2. The van der Waals surface area contributed by atoms with Crippen LogP contribution in [0.5, 0.6) is 5.75 Å². The molecule has 0 aromatic heterocycles. The van der Waals surface area contributed by atoms with Gasteiger partial charge in [-0.15, -0.1) is 4.91 Å². The van der Waals surface area contributed by atoms with Crippen LogP contribution in [0.2, 0.25) is 0 Å². The lowest BCUT2D eigenvalue weighted by Gasteiger charge is -2.24. The first-order valence-electron chi connectivity index (χ1n) is 11.5. The topological polar surface area (TPSA) is 99.1 Å². The molecule has 0 aliphatic carbocycles. The highest BCUT2D eigenvalue weighted by molar-refractivity contribution is 5.96. The molecule has 1 unspecified atom stereocenters. The molecule has 0 radical (unpaired) electrons. The lowest BCUT2D eigenvalue weighted by atomic mass is 10.0. The molecule has 1 heterocycles. The van der Waals surface area contributed by atoms with Crippen molar-refractivity contribution in [1.82, 2.24) is 10.2 Å². The standard InChI is InChI=1S/C26H31N3O4/c30-22-14-12-21(13-15-22)25(31)9-6-10-26(32)27-24(19-29-17-4-5-18-29)23(28-33)16-11-20-7-2-1-3-8-20/h1-3,7-8,12-16,24,30H,4-6,9-11,17-19H2,(H,27,32)/b23-16-. The van der Waals surface area contributed by atoms with Crippen molar-refractivity contribution in [2.75, 3.05) is 19.6 Å². The third kappa shape index (κ3) is 7.95. The number of nitrogens with one attached hydrogen (secondary N) is 1. The Morgan fingerprint density at radius 1 is 1.03 bits per heavy atom. The van der Waals surface area contributed by atoms with Gasteiger partial charge in [-0.1, -0.05) is 36.4 Å². The SMILES string of the molecule is O=N/C(=C\Cc1ccccc1)C(CN1CCCC1)NC(=O)CCCC(=O)c1ccc(O)cc1. The number of carbonyl (C=O) groups excluding carboxylic acids is 2. The maximum Gasteiger partial charge on any atom is 0.220 e. The highest BCUT2D eigenvalue weighted by Gasteiger charge is 2.23. The van der Waals surface area contributed by atoms with Gasteiger partial charge in [0.25, 0.3) is 0 Å². The number of allylic oxidation sites excluding steroid dienone is 1. The number of rotatable bonds is 12. The maximum absolute atomic E-state index is 12.6. The lowest BCUT2D eigenvalue weighted by molar-refractivity contribution is -0.121. The summed E-state index contributed by atoms with van der Waals surface area (Å²) in [6.45, 7) is 2.43. The van der Waals surface area contributed by atoms with Crippen LogP contribution in [-0.2, 0) is 11.2 Å². The Kier molecular flexibility index (Phi) is 9.32. The second kappa shape index (κ2) is 12.6. The van der Waals surface area contributed by atoms with Crippen LogP contribution >= 0.6 is 0 Å². The summed E-state index contributed by atoms with van der Waals surface area (Å²) in [7, 11) is 0. The molecular formula is C26H31N3O4. The van der Waals surface area contributed by atoms with E-state index in [1.165, 1.54) is 12.1 Å². The molecule has 1 atom stereocenters. The maximum atomic E-state index is 12.6. The van der Waals surface area contributed by atoms with Gasteiger partial charge in [-0.25, -0.2) is 0 Å². The van der Waals surface area contributed by atoms with Crippen LogP contribution in [0.25, 0.3) is 0 Å². The number of Topliss-reactive ketones (excluding diaryl/α,β-unsaturated/α-hetero) is 1. The van der Waals surface area contributed by atoms with Gasteiger partial charge in [0.2, 0.25) is 5.91 Å². The first kappa shape index (κ1) is 24.3. The van der Waals surface area contributed by atoms with Gasteiger partial charge in [0.1, 0.15) is 11.4 Å². The quantitative estimate of drug-likeness (QED) is 0.373. The van der Waals surface area contributed by atoms with Gasteiger partial charge in [0.15, 0.2) is 5.78 Å². The van der Waals surface area contributed by atoms with Crippen molar-refractivity contribution in [2.24, 2.45) is 5.18 Å². The van der Waals surface area contributed by atoms with Crippen LogP contribution in [-0.4, -0.2) is 47.4 Å². The van der Waals surface area contributed by atoms with Gasteiger partial charge in [-0.2, -0.15) is 0 Å². The number of phenols is 1. The zero-order valence-electron chi connectivity index (χ0n) is 18.8. The molecule has 1 aliphatic heterocycles. The molecule has 0 spiro atoms. The second-order valence-corrected chi connectivity index (χ2v) is 8.36. The molecule has 1 aliphatic rings. The highest BCUT2D eigenvalue weighted by Crippen LogP contribution is 2.15. The second-order valence-electron chi connectivity index (χ2n) is 8.36. The first-order valence-corrected chi connectivity index (χ1v) is 11.5. The van der Waals surface area contributed by atoms with E-state index < -0.39 is 6.04 Å². The van der Waals surface area contributed by atoms with Crippen molar-refractivity contribution in [3.8, 4) is 5.75 Å². The lowest BCUT2D eigenvalue weighted by Crippen LogP contribution is -2.44. The number of benzene rings is 2. The Morgan fingerprint density at radius 2 is 1.73 bits per heavy atom. The number of amides is 1. The molecule has 3 rings (SSSR count). The Bertz CT molecular complexity index is 951. The fraction of sp³-hybridized carbons (Fsp3) is 0.385. The molecule has 2 aromatic carbocycles. The summed E-state index contributed by atoms with van der Waals surface area (Å²) in [6.07, 6.45) is 5.39. The number of likely N-dealkylation sites (tertiary alicyclic amines) is 1. The van der Waals surface area contributed by atoms with E-state index in [0.717, 1.165) is 31.5 Å². The monoisotopic (exact) mass is 449 g/mol. The van der Waals surface area contributed by atoms with Crippen LogP contribution in [0.4, 0.5) is 0 Å². The van der Waals surface area contributed by atoms with Crippen molar-refractivity contribution >= 4 is 11.7 Å². The molecule has 1 fully saturated rings. The predicted octanol–water partition coefficient (Wildman–Crippen LogP) is 4.22. The number of nitrogens with zero attached hydrogens (tertiary/aromatic N) is 2. The van der Waals surface area contributed by atoms with Crippen LogP contribution in [0.1, 0.15) is 48.0 Å². The zero-order valence-corrected chi connectivity index (χ0v) is 18.8. The van der Waals surface area contributed by atoms with E-state index in [2.05, 4.69) is 15.4 Å². The average molecular weight is 450 g/mol. The molecule has 0 bridgehead atoms. The van der Waals surface area contributed by atoms with E-state index >= 15 is 0 Å². The average Bonchev–Trinajstić information content (AvgIpc) is 3.33. The van der Waals surface area contributed by atoms with Gasteiger partial charge < -0.3 is 15.3 Å². The third-order valence-electron chi connectivity index (χ3n) is 5.82. The molecule has 1 saturated heterocycles. The molecule has 174 valence electrons. The number of nitroso groups, excluding NO2 is 1. The van der Waals surface area contributed by atoms with Gasteiger partial charge >= 0.3 is 0 Å². The molecular weight excluding hydrogens is 418 g/mol. The van der Waals surface area contributed by atoms with Gasteiger partial charge in [0.05, 0.1) is 6.04 Å². The van der Waals surface area contributed by atoms with Crippen molar-refractivity contribution in [3.05, 3.63) is 82.4 Å². The third-order valence-corrected chi connectivity index (χ3v) is 5.82.